The first-order chi connectivity index (χ1) is 18.2. The van der Waals surface area contributed by atoms with E-state index in [2.05, 4.69) is 26.6 Å². The quantitative estimate of drug-likeness (QED) is 0.340. The van der Waals surface area contributed by atoms with Crippen molar-refractivity contribution < 1.29 is 9.59 Å². The topological polar surface area (TPSA) is 96.3 Å². The molecular weight excluding hydrogens is 566 g/mol. The van der Waals surface area contributed by atoms with Gasteiger partial charge in [-0.3, -0.25) is 14.4 Å². The number of nitrogens with zero attached hydrogens (tertiary/aromatic N) is 3. The average molecular weight is 595 g/mol. The second kappa shape index (κ2) is 10.3. The van der Waals surface area contributed by atoms with Crippen molar-refractivity contribution in [1.29, 1.82) is 0 Å². The lowest BCUT2D eigenvalue weighted by atomic mass is 9.99. The van der Waals surface area contributed by atoms with Crippen molar-refractivity contribution in [3.8, 4) is 5.69 Å². The summed E-state index contributed by atoms with van der Waals surface area (Å²) in [6.07, 6.45) is 0.404. The van der Waals surface area contributed by atoms with E-state index in [0.29, 0.717) is 39.8 Å². The molecule has 2 aromatic heterocycles. The maximum Gasteiger partial charge on any atom is 0.264 e. The van der Waals surface area contributed by atoms with Gasteiger partial charge < -0.3 is 15.5 Å². The Balaban J connectivity index is 1.53. The molecule has 0 unspecified atom stereocenters. The summed E-state index contributed by atoms with van der Waals surface area (Å²) in [6, 6.07) is 14.6. The van der Waals surface area contributed by atoms with Gasteiger partial charge in [-0.05, 0) is 81.1 Å². The Kier molecular flexibility index (Phi) is 7.11. The molecule has 0 spiro atoms. The van der Waals surface area contributed by atoms with E-state index in [1.54, 1.807) is 40.8 Å². The normalized spacial score (nSPS) is 15.0. The lowest BCUT2D eigenvalue weighted by Gasteiger charge is -2.34. The van der Waals surface area contributed by atoms with Crippen molar-refractivity contribution in [1.82, 2.24) is 19.8 Å². The van der Waals surface area contributed by atoms with Gasteiger partial charge in [-0.25, -0.2) is 9.55 Å². The summed E-state index contributed by atoms with van der Waals surface area (Å²) in [7, 11) is 1.58. The van der Waals surface area contributed by atoms with Crippen molar-refractivity contribution in [3.63, 3.8) is 0 Å². The summed E-state index contributed by atoms with van der Waals surface area (Å²) < 4.78 is 3.57. The van der Waals surface area contributed by atoms with Crippen LogP contribution in [0, 0.1) is 0 Å². The molecule has 2 amide bonds. The molecule has 1 aliphatic heterocycles. The number of hydrogen-bond acceptors (Lipinski definition) is 6. The van der Waals surface area contributed by atoms with Crippen LogP contribution >= 0.6 is 27.3 Å². The van der Waals surface area contributed by atoms with Crippen LogP contribution in [0.3, 0.4) is 0 Å². The molecule has 1 aliphatic rings. The number of fused-ring (bicyclic) bond motifs is 2. The smallest absolute Gasteiger partial charge is 0.264 e. The Bertz CT molecular complexity index is 1610. The molecule has 8 nitrogen and oxygen atoms in total. The second-order valence-corrected chi connectivity index (χ2v) is 11.7. The molecule has 2 aromatic carbocycles. The van der Waals surface area contributed by atoms with Crippen molar-refractivity contribution in [2.75, 3.05) is 12.4 Å². The van der Waals surface area contributed by atoms with Crippen LogP contribution in [-0.4, -0.2) is 45.4 Å². The van der Waals surface area contributed by atoms with Crippen LogP contribution in [0.5, 0.6) is 0 Å². The summed E-state index contributed by atoms with van der Waals surface area (Å²) >= 11 is 4.97. The number of benzene rings is 2. The van der Waals surface area contributed by atoms with Crippen molar-refractivity contribution in [2.45, 2.75) is 45.8 Å². The highest BCUT2D eigenvalue weighted by Crippen LogP contribution is 2.31. The van der Waals surface area contributed by atoms with E-state index in [9.17, 15) is 14.4 Å². The van der Waals surface area contributed by atoms with Gasteiger partial charge in [0, 0.05) is 39.4 Å². The average Bonchev–Trinajstić information content (AvgIpc) is 3.31. The molecule has 5 rings (SSSR count). The fraction of sp³-hybridized carbons (Fsp3) is 0.286. The third-order valence-electron chi connectivity index (χ3n) is 6.60. The predicted molar refractivity (Wildman–Crippen MR) is 155 cm³/mol. The highest BCUT2D eigenvalue weighted by molar-refractivity contribution is 9.10. The molecule has 1 atom stereocenters. The molecule has 196 valence electrons. The molecule has 0 saturated carbocycles. The zero-order chi connectivity index (χ0) is 27.1. The van der Waals surface area contributed by atoms with E-state index in [1.807, 2.05) is 45.0 Å². The van der Waals surface area contributed by atoms with Crippen LogP contribution in [0.25, 0.3) is 15.8 Å². The summed E-state index contributed by atoms with van der Waals surface area (Å²) in [4.78, 5) is 46.7. The van der Waals surface area contributed by atoms with E-state index in [4.69, 9.17) is 4.98 Å². The molecule has 2 N–H and O–H groups in total. The first-order valence-corrected chi connectivity index (χ1v) is 14.0. The van der Waals surface area contributed by atoms with Crippen molar-refractivity contribution in [2.24, 2.45) is 0 Å². The van der Waals surface area contributed by atoms with Crippen LogP contribution in [-0.2, 0) is 13.0 Å². The lowest BCUT2D eigenvalue weighted by Crippen LogP contribution is -2.46. The van der Waals surface area contributed by atoms with Crippen LogP contribution < -0.4 is 16.2 Å². The molecule has 10 heteroatoms. The van der Waals surface area contributed by atoms with Gasteiger partial charge in [0.2, 0.25) is 5.95 Å². The van der Waals surface area contributed by atoms with Gasteiger partial charge in [0.05, 0.1) is 22.8 Å². The number of carbonyl (C=O) groups excluding carboxylic acids is 2. The van der Waals surface area contributed by atoms with Gasteiger partial charge in [-0.15, -0.1) is 11.3 Å². The van der Waals surface area contributed by atoms with Gasteiger partial charge in [-0.1, -0.05) is 15.9 Å². The van der Waals surface area contributed by atoms with Crippen LogP contribution in [0.1, 0.15) is 52.1 Å². The minimum atomic E-state index is -0.196. The number of amides is 2. The number of hydrogen-bond donors (Lipinski definition) is 2. The number of thiophene rings is 1. The third kappa shape index (κ3) is 4.86. The largest absolute Gasteiger partial charge is 0.355 e. The molecule has 4 aromatic rings. The Labute approximate surface area is 232 Å². The van der Waals surface area contributed by atoms with Crippen LogP contribution in [0.15, 0.2) is 57.8 Å². The summed E-state index contributed by atoms with van der Waals surface area (Å²) in [5.74, 6) is 0.151. The molecular formula is C28H28BrN5O3S. The Morgan fingerprint density at radius 1 is 1.13 bits per heavy atom. The number of nitrogens with one attached hydrogen (secondary N) is 2. The van der Waals surface area contributed by atoms with E-state index in [1.165, 1.54) is 11.3 Å². The van der Waals surface area contributed by atoms with Crippen molar-refractivity contribution >= 4 is 55.1 Å². The maximum atomic E-state index is 13.8. The zero-order valence-corrected chi connectivity index (χ0v) is 23.9. The van der Waals surface area contributed by atoms with E-state index in [0.717, 1.165) is 14.6 Å². The fourth-order valence-electron chi connectivity index (χ4n) is 4.69. The van der Waals surface area contributed by atoms with Crippen LogP contribution in [0.2, 0.25) is 0 Å². The molecule has 0 fully saturated rings. The highest BCUT2D eigenvalue weighted by Gasteiger charge is 2.32. The predicted octanol–water partition coefficient (Wildman–Crippen LogP) is 4.98. The third-order valence-corrected chi connectivity index (χ3v) is 8.19. The van der Waals surface area contributed by atoms with Gasteiger partial charge in [0.15, 0.2) is 0 Å². The van der Waals surface area contributed by atoms with Gasteiger partial charge >= 0.3 is 0 Å². The van der Waals surface area contributed by atoms with Crippen LogP contribution in [0.4, 0.5) is 5.95 Å². The Morgan fingerprint density at radius 2 is 1.87 bits per heavy atom. The number of anilines is 1. The summed E-state index contributed by atoms with van der Waals surface area (Å²) in [5.41, 5.74) is 2.16. The summed E-state index contributed by atoms with van der Waals surface area (Å²) in [5, 5.41) is 6.91. The zero-order valence-electron chi connectivity index (χ0n) is 21.5. The lowest BCUT2D eigenvalue weighted by molar-refractivity contribution is 0.0658. The molecule has 3 heterocycles. The Morgan fingerprint density at radius 3 is 2.55 bits per heavy atom. The minimum Gasteiger partial charge on any atom is -0.355 e. The van der Waals surface area contributed by atoms with Gasteiger partial charge in [0.25, 0.3) is 17.4 Å². The number of rotatable bonds is 5. The monoisotopic (exact) mass is 593 g/mol. The number of halogens is 1. The molecule has 0 aliphatic carbocycles. The minimum absolute atomic E-state index is 0.0227. The standard InChI is InChI=1S/C28H28BrN5O3S/c1-15(2)31-28-32-22-14-33(27(37)24-13-18-12-19(29)7-10-23(18)38-24)16(3)11-21(22)26(36)34(28)20-8-5-17(6-9-20)25(35)30-4/h5-10,12-13,15-16H,11,14H2,1-4H3,(H,30,35)(H,31,32)/t16-/m1/s1. The fourth-order valence-corrected chi connectivity index (χ4v) is 6.07. The van der Waals surface area contributed by atoms with Gasteiger partial charge in [-0.2, -0.15) is 0 Å². The number of aromatic nitrogens is 2. The number of carbonyl (C=O) groups is 2. The second-order valence-electron chi connectivity index (χ2n) is 9.71. The SMILES string of the molecule is CNC(=O)c1ccc(-n2c(NC(C)C)nc3c(c2=O)C[C@@H](C)N(C(=O)c2cc4cc(Br)ccc4s2)C3)cc1. The first kappa shape index (κ1) is 26.1. The maximum absolute atomic E-state index is 13.8. The Hall–Kier alpha value is -3.50. The first-order valence-electron chi connectivity index (χ1n) is 12.4. The molecule has 0 saturated heterocycles. The molecule has 38 heavy (non-hydrogen) atoms. The summed E-state index contributed by atoms with van der Waals surface area (Å²) in [6.45, 7) is 6.17. The van der Waals surface area contributed by atoms with E-state index in [-0.39, 0.29) is 36.0 Å². The van der Waals surface area contributed by atoms with Crippen molar-refractivity contribution in [3.05, 3.63) is 85.1 Å². The highest BCUT2D eigenvalue weighted by atomic mass is 79.9. The molecule has 0 bridgehead atoms. The van der Waals surface area contributed by atoms with E-state index >= 15 is 0 Å². The molecule has 0 radical (unpaired) electrons. The van der Waals surface area contributed by atoms with E-state index < -0.39 is 0 Å². The van der Waals surface area contributed by atoms with Gasteiger partial charge in [0.1, 0.15) is 0 Å².